The van der Waals surface area contributed by atoms with Crippen LogP contribution in [0.15, 0.2) is 18.3 Å². The molecule has 4 nitrogen and oxygen atoms in total. The number of piperidine rings is 1. The Labute approximate surface area is 140 Å². The number of hydrogen-bond donors (Lipinski definition) is 0. The zero-order valence-corrected chi connectivity index (χ0v) is 14.7. The average Bonchev–Trinajstić information content (AvgIpc) is 3.04. The highest BCUT2D eigenvalue weighted by Crippen LogP contribution is 2.31. The number of rotatable bonds is 5. The third kappa shape index (κ3) is 3.63. The van der Waals surface area contributed by atoms with Gasteiger partial charge in [0.1, 0.15) is 0 Å². The number of fused-ring (bicyclic) bond motifs is 1. The normalized spacial score (nSPS) is 23.0. The van der Waals surface area contributed by atoms with E-state index >= 15 is 0 Å². The molecule has 2 aliphatic heterocycles. The molecule has 0 aromatic carbocycles. The van der Waals surface area contributed by atoms with Gasteiger partial charge in [-0.3, -0.25) is 4.79 Å². The van der Waals surface area contributed by atoms with Gasteiger partial charge in [-0.2, -0.15) is 0 Å². The van der Waals surface area contributed by atoms with Gasteiger partial charge in [0.05, 0.1) is 6.04 Å². The summed E-state index contributed by atoms with van der Waals surface area (Å²) < 4.78 is 2.31. The second kappa shape index (κ2) is 7.52. The number of nitrogens with zero attached hydrogens (tertiary/aromatic N) is 3. The molecule has 1 aromatic rings. The summed E-state index contributed by atoms with van der Waals surface area (Å²) in [5, 5.41) is 0. The molecule has 1 fully saturated rings. The summed E-state index contributed by atoms with van der Waals surface area (Å²) in [4.78, 5) is 17.6. The molecule has 1 aromatic heterocycles. The van der Waals surface area contributed by atoms with Crippen molar-refractivity contribution in [3.05, 3.63) is 24.0 Å². The number of likely N-dealkylation sites (tertiary alicyclic amines) is 1. The first-order valence-corrected chi connectivity index (χ1v) is 9.39. The molecular weight excluding hydrogens is 286 g/mol. The molecule has 0 bridgehead atoms. The molecular formula is C19H31N3O. The van der Waals surface area contributed by atoms with Crippen molar-refractivity contribution in [2.24, 2.45) is 5.92 Å². The van der Waals surface area contributed by atoms with Crippen LogP contribution in [0.3, 0.4) is 0 Å². The lowest BCUT2D eigenvalue weighted by molar-refractivity contribution is -0.136. The van der Waals surface area contributed by atoms with E-state index in [4.69, 9.17) is 0 Å². The highest BCUT2D eigenvalue weighted by molar-refractivity contribution is 5.77. The van der Waals surface area contributed by atoms with Crippen LogP contribution >= 0.6 is 0 Å². The first-order chi connectivity index (χ1) is 11.2. The minimum Gasteiger partial charge on any atom is -0.348 e. The van der Waals surface area contributed by atoms with Gasteiger partial charge in [0.15, 0.2) is 0 Å². The molecule has 0 radical (unpaired) electrons. The van der Waals surface area contributed by atoms with Crippen molar-refractivity contribution in [1.82, 2.24) is 14.4 Å². The molecule has 1 saturated heterocycles. The van der Waals surface area contributed by atoms with E-state index in [1.165, 1.54) is 44.6 Å². The summed E-state index contributed by atoms with van der Waals surface area (Å²) in [5.74, 6) is 0.958. The molecule has 128 valence electrons. The average molecular weight is 317 g/mol. The first kappa shape index (κ1) is 16.6. The van der Waals surface area contributed by atoms with Crippen molar-refractivity contribution in [2.75, 3.05) is 26.2 Å². The fraction of sp³-hybridized carbons (Fsp3) is 0.737. The van der Waals surface area contributed by atoms with Crippen LogP contribution in [0.4, 0.5) is 0 Å². The molecule has 0 saturated carbocycles. The molecule has 3 rings (SSSR count). The van der Waals surface area contributed by atoms with Gasteiger partial charge in [0.2, 0.25) is 5.91 Å². The molecule has 23 heavy (non-hydrogen) atoms. The van der Waals surface area contributed by atoms with Crippen molar-refractivity contribution in [3.63, 3.8) is 0 Å². The maximum Gasteiger partial charge on any atom is 0.223 e. The lowest BCUT2D eigenvalue weighted by Crippen LogP contribution is -2.43. The van der Waals surface area contributed by atoms with Crippen molar-refractivity contribution in [1.29, 1.82) is 0 Å². The number of carbonyl (C=O) groups excluding carboxylic acids is 1. The van der Waals surface area contributed by atoms with Crippen LogP contribution in [0.5, 0.6) is 0 Å². The van der Waals surface area contributed by atoms with E-state index in [1.54, 1.807) is 0 Å². The van der Waals surface area contributed by atoms with Crippen LogP contribution in [0.2, 0.25) is 0 Å². The first-order valence-electron chi connectivity index (χ1n) is 9.39. The lowest BCUT2D eigenvalue weighted by atomic mass is 9.92. The number of carbonyl (C=O) groups is 1. The third-order valence-corrected chi connectivity index (χ3v) is 5.58. The Kier molecular flexibility index (Phi) is 5.42. The van der Waals surface area contributed by atoms with E-state index in [0.717, 1.165) is 25.9 Å². The third-order valence-electron chi connectivity index (χ3n) is 5.58. The Morgan fingerprint density at radius 3 is 2.65 bits per heavy atom. The van der Waals surface area contributed by atoms with E-state index < -0.39 is 0 Å². The van der Waals surface area contributed by atoms with E-state index in [2.05, 4.69) is 46.5 Å². The Balaban J connectivity index is 1.56. The monoisotopic (exact) mass is 317 g/mol. The van der Waals surface area contributed by atoms with Crippen molar-refractivity contribution in [2.45, 2.75) is 58.5 Å². The molecule has 0 unspecified atom stereocenters. The van der Waals surface area contributed by atoms with Crippen molar-refractivity contribution in [3.8, 4) is 0 Å². The Bertz CT molecular complexity index is 516. The van der Waals surface area contributed by atoms with Gasteiger partial charge in [0.25, 0.3) is 0 Å². The Hall–Kier alpha value is -1.29. The number of amides is 1. The van der Waals surface area contributed by atoms with Gasteiger partial charge in [-0.05, 0) is 63.4 Å². The molecule has 4 heteroatoms. The SMILES string of the molecule is CCCN1CCC(CC(=O)N2CCn3cccc3[C@@H]2CC)CC1. The van der Waals surface area contributed by atoms with Gasteiger partial charge >= 0.3 is 0 Å². The van der Waals surface area contributed by atoms with E-state index in [0.29, 0.717) is 11.8 Å². The second-order valence-electron chi connectivity index (χ2n) is 7.13. The molecule has 3 heterocycles. The predicted molar refractivity (Wildman–Crippen MR) is 93.2 cm³/mol. The molecule has 0 aliphatic carbocycles. The van der Waals surface area contributed by atoms with E-state index in [9.17, 15) is 4.79 Å². The van der Waals surface area contributed by atoms with E-state index in [-0.39, 0.29) is 6.04 Å². The summed E-state index contributed by atoms with van der Waals surface area (Å²) in [5.41, 5.74) is 1.31. The highest BCUT2D eigenvalue weighted by Gasteiger charge is 2.31. The Morgan fingerprint density at radius 1 is 1.17 bits per heavy atom. The van der Waals surface area contributed by atoms with Gasteiger partial charge in [-0.1, -0.05) is 13.8 Å². The second-order valence-corrected chi connectivity index (χ2v) is 7.13. The smallest absolute Gasteiger partial charge is 0.223 e. The van der Waals surface area contributed by atoms with Crippen molar-refractivity contribution >= 4 is 5.91 Å². The van der Waals surface area contributed by atoms with Crippen LogP contribution < -0.4 is 0 Å². The minimum atomic E-state index is 0.270. The fourth-order valence-corrected chi connectivity index (χ4v) is 4.29. The molecule has 0 spiro atoms. The van der Waals surface area contributed by atoms with Crippen LogP contribution in [0.1, 0.15) is 57.7 Å². The zero-order valence-electron chi connectivity index (χ0n) is 14.7. The minimum absolute atomic E-state index is 0.270. The molecule has 2 aliphatic rings. The Morgan fingerprint density at radius 2 is 1.96 bits per heavy atom. The highest BCUT2D eigenvalue weighted by atomic mass is 16.2. The predicted octanol–water partition coefficient (Wildman–Crippen LogP) is 3.29. The van der Waals surface area contributed by atoms with Crippen LogP contribution in [0, 0.1) is 5.92 Å². The topological polar surface area (TPSA) is 28.5 Å². The van der Waals surface area contributed by atoms with Gasteiger partial charge in [-0.25, -0.2) is 0 Å². The summed E-state index contributed by atoms with van der Waals surface area (Å²) in [6.07, 6.45) is 7.50. The van der Waals surface area contributed by atoms with Crippen LogP contribution in [-0.2, 0) is 11.3 Å². The van der Waals surface area contributed by atoms with Gasteiger partial charge < -0.3 is 14.4 Å². The number of hydrogen-bond acceptors (Lipinski definition) is 2. The van der Waals surface area contributed by atoms with Gasteiger partial charge in [0, 0.05) is 31.4 Å². The molecule has 1 amide bonds. The van der Waals surface area contributed by atoms with Crippen molar-refractivity contribution < 1.29 is 4.79 Å². The quantitative estimate of drug-likeness (QED) is 0.833. The van der Waals surface area contributed by atoms with E-state index in [1.807, 2.05) is 0 Å². The lowest BCUT2D eigenvalue weighted by Gasteiger charge is -2.38. The van der Waals surface area contributed by atoms with Crippen LogP contribution in [-0.4, -0.2) is 46.5 Å². The van der Waals surface area contributed by atoms with Crippen LogP contribution in [0.25, 0.3) is 0 Å². The molecule has 1 atom stereocenters. The maximum atomic E-state index is 12.9. The fourth-order valence-electron chi connectivity index (χ4n) is 4.29. The summed E-state index contributed by atoms with van der Waals surface area (Å²) in [7, 11) is 0. The summed E-state index contributed by atoms with van der Waals surface area (Å²) in [6.45, 7) is 9.80. The summed E-state index contributed by atoms with van der Waals surface area (Å²) >= 11 is 0. The number of aromatic nitrogens is 1. The largest absolute Gasteiger partial charge is 0.348 e. The van der Waals surface area contributed by atoms with Gasteiger partial charge in [-0.15, -0.1) is 0 Å². The standard InChI is InChI=1S/C19H31N3O/c1-3-9-20-11-7-16(8-12-20)15-19(23)22-14-13-21-10-5-6-18(21)17(22)4-2/h5-6,10,16-17H,3-4,7-9,11-15H2,1-2H3/t17-/m0/s1. The molecule has 0 N–H and O–H groups in total. The zero-order chi connectivity index (χ0) is 16.2. The maximum absolute atomic E-state index is 12.9. The summed E-state index contributed by atoms with van der Waals surface area (Å²) in [6, 6.07) is 4.55.